The highest BCUT2D eigenvalue weighted by Gasteiger charge is 2.01. The Morgan fingerprint density at radius 2 is 2.13 bits per heavy atom. The van der Waals surface area contributed by atoms with Crippen molar-refractivity contribution in [2.24, 2.45) is 5.92 Å². The van der Waals surface area contributed by atoms with Gasteiger partial charge < -0.3 is 0 Å². The van der Waals surface area contributed by atoms with Crippen molar-refractivity contribution in [3.63, 3.8) is 0 Å². The van der Waals surface area contributed by atoms with Gasteiger partial charge in [-0.05, 0) is 12.3 Å². The lowest BCUT2D eigenvalue weighted by Crippen LogP contribution is -2.04. The van der Waals surface area contributed by atoms with Crippen molar-refractivity contribution < 1.29 is 0 Å². The van der Waals surface area contributed by atoms with Crippen molar-refractivity contribution in [1.29, 1.82) is 0 Å². The summed E-state index contributed by atoms with van der Waals surface area (Å²) in [6.07, 6.45) is 7.07. The average molecular weight is 321 g/mol. The molecule has 1 aromatic rings. The summed E-state index contributed by atoms with van der Waals surface area (Å²) in [7, 11) is 0. The van der Waals surface area contributed by atoms with Gasteiger partial charge in [0.2, 0.25) is 0 Å². The molecule has 0 fully saturated rings. The van der Waals surface area contributed by atoms with Crippen LogP contribution in [-0.4, -0.2) is 15.0 Å². The maximum absolute atomic E-state index is 4.08. The zero-order valence-electron chi connectivity index (χ0n) is 9.62. The number of aryl methyl sites for hydroxylation is 1. The SMILES string of the molecule is CC(C)CCCCCn1nncc1CI. The number of hydrogen-bond donors (Lipinski definition) is 0. The number of aromatic nitrogens is 3. The molecule has 1 heterocycles. The summed E-state index contributed by atoms with van der Waals surface area (Å²) in [6.45, 7) is 5.59. The third kappa shape index (κ3) is 4.95. The molecule has 0 spiro atoms. The van der Waals surface area contributed by atoms with Gasteiger partial charge in [-0.15, -0.1) is 5.10 Å². The Hall–Kier alpha value is -0.130. The van der Waals surface area contributed by atoms with Crippen LogP contribution in [0.15, 0.2) is 6.20 Å². The second kappa shape index (κ2) is 7.19. The summed E-state index contributed by atoms with van der Waals surface area (Å²) in [5.74, 6) is 0.835. The van der Waals surface area contributed by atoms with Crippen LogP contribution in [0.3, 0.4) is 0 Å². The first-order valence-electron chi connectivity index (χ1n) is 5.67. The van der Waals surface area contributed by atoms with E-state index in [9.17, 15) is 0 Å². The molecule has 0 amide bonds. The van der Waals surface area contributed by atoms with Gasteiger partial charge in [0, 0.05) is 11.0 Å². The lowest BCUT2D eigenvalue weighted by Gasteiger charge is -2.05. The van der Waals surface area contributed by atoms with Crippen LogP contribution in [0.4, 0.5) is 0 Å². The molecule has 1 rings (SSSR count). The van der Waals surface area contributed by atoms with Crippen LogP contribution in [0.2, 0.25) is 0 Å². The summed E-state index contributed by atoms with van der Waals surface area (Å²) in [5, 5.41) is 8.01. The van der Waals surface area contributed by atoms with E-state index in [-0.39, 0.29) is 0 Å². The van der Waals surface area contributed by atoms with Crippen molar-refractivity contribution in [2.75, 3.05) is 0 Å². The molecule has 0 saturated carbocycles. The molecule has 0 saturated heterocycles. The van der Waals surface area contributed by atoms with Gasteiger partial charge in [-0.1, -0.05) is 60.9 Å². The van der Waals surface area contributed by atoms with Crippen molar-refractivity contribution in [3.05, 3.63) is 11.9 Å². The van der Waals surface area contributed by atoms with Gasteiger partial charge in [0.25, 0.3) is 0 Å². The molecular formula is C11H20IN3. The van der Waals surface area contributed by atoms with Crippen LogP contribution in [-0.2, 0) is 11.0 Å². The Morgan fingerprint density at radius 3 is 2.80 bits per heavy atom. The van der Waals surface area contributed by atoms with Crippen LogP contribution in [0, 0.1) is 5.92 Å². The maximum Gasteiger partial charge on any atom is 0.0733 e. The van der Waals surface area contributed by atoms with E-state index in [1.807, 2.05) is 10.9 Å². The molecule has 0 aliphatic heterocycles. The van der Waals surface area contributed by atoms with Crippen LogP contribution in [0.5, 0.6) is 0 Å². The summed E-state index contributed by atoms with van der Waals surface area (Å²) in [5.41, 5.74) is 1.24. The Labute approximate surface area is 106 Å². The number of rotatable bonds is 7. The van der Waals surface area contributed by atoms with Crippen molar-refractivity contribution in [1.82, 2.24) is 15.0 Å². The topological polar surface area (TPSA) is 30.7 Å². The van der Waals surface area contributed by atoms with Gasteiger partial charge in [-0.25, -0.2) is 4.68 Å². The highest BCUT2D eigenvalue weighted by atomic mass is 127. The molecule has 0 bridgehead atoms. The zero-order valence-corrected chi connectivity index (χ0v) is 11.8. The van der Waals surface area contributed by atoms with Gasteiger partial charge in [0.1, 0.15) is 0 Å². The van der Waals surface area contributed by atoms with E-state index >= 15 is 0 Å². The number of hydrogen-bond acceptors (Lipinski definition) is 2. The fourth-order valence-electron chi connectivity index (χ4n) is 1.56. The van der Waals surface area contributed by atoms with Crippen molar-refractivity contribution in [2.45, 2.75) is 50.5 Å². The predicted octanol–water partition coefficient (Wildman–Crippen LogP) is 3.43. The van der Waals surface area contributed by atoms with Gasteiger partial charge in [-0.2, -0.15) is 0 Å². The molecule has 0 aliphatic rings. The molecule has 3 nitrogen and oxygen atoms in total. The van der Waals surface area contributed by atoms with E-state index in [2.05, 4.69) is 46.8 Å². The molecular weight excluding hydrogens is 301 g/mol. The Balaban J connectivity index is 2.15. The molecule has 0 aliphatic carbocycles. The van der Waals surface area contributed by atoms with E-state index in [0.29, 0.717) is 0 Å². The number of alkyl halides is 1. The highest BCUT2D eigenvalue weighted by Crippen LogP contribution is 2.10. The van der Waals surface area contributed by atoms with E-state index in [4.69, 9.17) is 0 Å². The smallest absolute Gasteiger partial charge is 0.0733 e. The first kappa shape index (κ1) is 12.9. The average Bonchev–Trinajstić information content (AvgIpc) is 2.64. The quantitative estimate of drug-likeness (QED) is 0.438. The first-order valence-corrected chi connectivity index (χ1v) is 7.20. The summed E-state index contributed by atoms with van der Waals surface area (Å²) >= 11 is 2.35. The van der Waals surface area contributed by atoms with Crippen molar-refractivity contribution >= 4 is 22.6 Å². The molecule has 1 aromatic heterocycles. The molecule has 0 aromatic carbocycles. The molecule has 0 N–H and O–H groups in total. The molecule has 86 valence electrons. The van der Waals surface area contributed by atoms with Crippen LogP contribution >= 0.6 is 22.6 Å². The highest BCUT2D eigenvalue weighted by molar-refractivity contribution is 14.1. The molecule has 0 unspecified atom stereocenters. The third-order valence-corrected chi connectivity index (χ3v) is 3.27. The van der Waals surface area contributed by atoms with Gasteiger partial charge >= 0.3 is 0 Å². The Morgan fingerprint density at radius 1 is 1.33 bits per heavy atom. The van der Waals surface area contributed by atoms with Crippen LogP contribution in [0.25, 0.3) is 0 Å². The van der Waals surface area contributed by atoms with Crippen LogP contribution in [0.1, 0.15) is 45.2 Å². The van der Waals surface area contributed by atoms with Crippen molar-refractivity contribution in [3.8, 4) is 0 Å². The zero-order chi connectivity index (χ0) is 11.1. The lowest BCUT2D eigenvalue weighted by molar-refractivity contribution is 0.483. The minimum atomic E-state index is 0.835. The van der Waals surface area contributed by atoms with E-state index < -0.39 is 0 Å². The predicted molar refractivity (Wildman–Crippen MR) is 71.1 cm³/mol. The minimum Gasteiger partial charge on any atom is -0.249 e. The molecule has 15 heavy (non-hydrogen) atoms. The molecule has 4 heteroatoms. The molecule has 0 atom stereocenters. The van der Waals surface area contributed by atoms with Gasteiger partial charge in [-0.3, -0.25) is 0 Å². The van der Waals surface area contributed by atoms with E-state index in [1.54, 1.807) is 0 Å². The monoisotopic (exact) mass is 321 g/mol. The molecule has 0 radical (unpaired) electrons. The summed E-state index contributed by atoms with van der Waals surface area (Å²) in [4.78, 5) is 0. The maximum atomic E-state index is 4.08. The van der Waals surface area contributed by atoms with Gasteiger partial charge in [0.05, 0.1) is 11.9 Å². The fourth-order valence-corrected chi connectivity index (χ4v) is 2.15. The minimum absolute atomic E-state index is 0.835. The number of nitrogens with zero attached hydrogens (tertiary/aromatic N) is 3. The largest absolute Gasteiger partial charge is 0.249 e. The fraction of sp³-hybridized carbons (Fsp3) is 0.818. The first-order chi connectivity index (χ1) is 7.24. The van der Waals surface area contributed by atoms with E-state index in [1.165, 1.54) is 31.4 Å². The van der Waals surface area contributed by atoms with Gasteiger partial charge in [0.15, 0.2) is 0 Å². The summed E-state index contributed by atoms with van der Waals surface area (Å²) in [6, 6.07) is 0. The number of unbranched alkanes of at least 4 members (excludes halogenated alkanes) is 2. The lowest BCUT2D eigenvalue weighted by atomic mass is 10.1. The third-order valence-electron chi connectivity index (χ3n) is 2.49. The standard InChI is InChI=1S/C11H20IN3/c1-10(2)6-4-3-5-7-15-11(8-12)9-13-14-15/h9-10H,3-8H2,1-2H3. The number of halogens is 1. The normalized spacial score (nSPS) is 11.2. The second-order valence-corrected chi connectivity index (χ2v) is 5.09. The summed E-state index contributed by atoms with van der Waals surface area (Å²) < 4.78 is 3.03. The Kier molecular flexibility index (Phi) is 6.20. The second-order valence-electron chi connectivity index (χ2n) is 4.33. The van der Waals surface area contributed by atoms with Crippen LogP contribution < -0.4 is 0 Å². The Bertz CT molecular complexity index is 271. The van der Waals surface area contributed by atoms with E-state index in [0.717, 1.165) is 16.9 Å².